The van der Waals surface area contributed by atoms with Crippen LogP contribution >= 0.6 is 11.6 Å². The number of carbonyl (C=O) groups excluding carboxylic acids is 1. The quantitative estimate of drug-likeness (QED) is 0.639. The highest BCUT2D eigenvalue weighted by molar-refractivity contribution is 6.30. The van der Waals surface area contributed by atoms with E-state index in [4.69, 9.17) is 20.8 Å². The van der Waals surface area contributed by atoms with E-state index in [0.717, 1.165) is 0 Å². The summed E-state index contributed by atoms with van der Waals surface area (Å²) in [5, 5.41) is 12.3. The Balaban J connectivity index is 2.07. The molecule has 1 amide bonds. The van der Waals surface area contributed by atoms with Gasteiger partial charge in [-0.2, -0.15) is 4.98 Å². The number of aromatic carboxylic acids is 1. The summed E-state index contributed by atoms with van der Waals surface area (Å²) < 4.78 is 10.7. The number of halogens is 1. The molecule has 140 valence electrons. The highest BCUT2D eigenvalue weighted by Crippen LogP contribution is 2.33. The van der Waals surface area contributed by atoms with Gasteiger partial charge >= 0.3 is 18.1 Å². The molecule has 0 spiro atoms. The van der Waals surface area contributed by atoms with Gasteiger partial charge in [-0.05, 0) is 50.6 Å². The molecule has 3 aromatic rings. The maximum Gasteiger partial charge on any atom is 0.415 e. The fourth-order valence-electron chi connectivity index (χ4n) is 2.47. The van der Waals surface area contributed by atoms with E-state index in [1.807, 2.05) is 0 Å². The number of anilines is 1. The summed E-state index contributed by atoms with van der Waals surface area (Å²) in [6.45, 7) is 5.19. The maximum absolute atomic E-state index is 11.9. The summed E-state index contributed by atoms with van der Waals surface area (Å²) in [6, 6.07) is 9.66. The van der Waals surface area contributed by atoms with Crippen molar-refractivity contribution < 1.29 is 23.8 Å². The molecule has 0 aliphatic rings. The third kappa shape index (κ3) is 4.38. The lowest BCUT2D eigenvalue weighted by Crippen LogP contribution is -2.27. The molecule has 0 saturated carbocycles. The van der Waals surface area contributed by atoms with Crippen molar-refractivity contribution in [3.63, 3.8) is 0 Å². The Morgan fingerprint density at radius 2 is 1.96 bits per heavy atom. The fraction of sp³-hybridized carbons (Fsp3) is 0.211. The molecule has 0 unspecified atom stereocenters. The van der Waals surface area contributed by atoms with E-state index in [1.165, 1.54) is 12.1 Å². The minimum Gasteiger partial charge on any atom is -0.478 e. The van der Waals surface area contributed by atoms with Crippen molar-refractivity contribution in [1.29, 1.82) is 0 Å². The second kappa shape index (κ2) is 6.92. The van der Waals surface area contributed by atoms with Crippen molar-refractivity contribution in [3.8, 4) is 11.1 Å². The Bertz CT molecular complexity index is 1040. The molecule has 2 aromatic carbocycles. The Hall–Kier alpha value is -3.06. The van der Waals surface area contributed by atoms with Crippen molar-refractivity contribution in [2.24, 2.45) is 0 Å². The number of aromatic nitrogens is 1. The highest BCUT2D eigenvalue weighted by Gasteiger charge is 2.20. The smallest absolute Gasteiger partial charge is 0.415 e. The van der Waals surface area contributed by atoms with E-state index < -0.39 is 17.7 Å². The summed E-state index contributed by atoms with van der Waals surface area (Å²) in [4.78, 5) is 27.7. The summed E-state index contributed by atoms with van der Waals surface area (Å²) in [7, 11) is 0. The number of carbonyl (C=O) groups is 2. The molecule has 3 rings (SSSR count). The van der Waals surface area contributed by atoms with Gasteiger partial charge in [0.25, 0.3) is 0 Å². The molecule has 7 nitrogen and oxygen atoms in total. The molecule has 27 heavy (non-hydrogen) atoms. The molecule has 2 N–H and O–H groups in total. The molecule has 0 atom stereocenters. The minimum atomic E-state index is -1.11. The van der Waals surface area contributed by atoms with Gasteiger partial charge in [0.2, 0.25) is 0 Å². The van der Waals surface area contributed by atoms with Crippen molar-refractivity contribution in [2.75, 3.05) is 5.32 Å². The van der Waals surface area contributed by atoms with Crippen molar-refractivity contribution in [1.82, 2.24) is 4.98 Å². The Morgan fingerprint density at radius 3 is 2.59 bits per heavy atom. The van der Waals surface area contributed by atoms with Crippen LogP contribution in [0.2, 0.25) is 5.02 Å². The molecule has 0 fully saturated rings. The van der Waals surface area contributed by atoms with Crippen molar-refractivity contribution >= 4 is 40.8 Å². The maximum atomic E-state index is 11.9. The zero-order chi connectivity index (χ0) is 19.8. The van der Waals surface area contributed by atoms with Gasteiger partial charge in [-0.25, -0.2) is 14.9 Å². The number of fused-ring (bicyclic) bond motifs is 1. The number of carboxylic acid groups (broad SMARTS) is 1. The second-order valence-electron chi connectivity index (χ2n) is 6.83. The number of oxazole rings is 1. The predicted octanol–water partition coefficient (Wildman–Crippen LogP) is 5.19. The number of ether oxygens (including phenoxy) is 1. The van der Waals surface area contributed by atoms with Gasteiger partial charge in [-0.1, -0.05) is 23.7 Å². The molecule has 1 heterocycles. The van der Waals surface area contributed by atoms with Crippen LogP contribution in [0.3, 0.4) is 0 Å². The molecule has 0 aliphatic carbocycles. The summed E-state index contributed by atoms with van der Waals surface area (Å²) in [6.07, 6.45) is -0.725. The fourth-order valence-corrected chi connectivity index (χ4v) is 2.66. The monoisotopic (exact) mass is 388 g/mol. The van der Waals surface area contributed by atoms with Gasteiger partial charge in [0.1, 0.15) is 11.1 Å². The summed E-state index contributed by atoms with van der Waals surface area (Å²) in [5.74, 6) is -1.11. The third-order valence-electron chi connectivity index (χ3n) is 3.49. The van der Waals surface area contributed by atoms with Gasteiger partial charge < -0.3 is 14.3 Å². The van der Waals surface area contributed by atoms with E-state index in [-0.39, 0.29) is 17.2 Å². The SMILES string of the molecule is CC(C)(C)OC(=O)Nc1nc2c(-c3cccc(Cl)c3)cc(C(=O)O)cc2o1. The van der Waals surface area contributed by atoms with E-state index in [9.17, 15) is 14.7 Å². The highest BCUT2D eigenvalue weighted by atomic mass is 35.5. The van der Waals surface area contributed by atoms with Crippen LogP contribution in [0, 0.1) is 0 Å². The second-order valence-corrected chi connectivity index (χ2v) is 7.27. The Kier molecular flexibility index (Phi) is 4.80. The average Bonchev–Trinajstić information content (AvgIpc) is 2.93. The zero-order valence-electron chi connectivity index (χ0n) is 14.9. The number of rotatable bonds is 3. The molecular formula is C19H17ClN2O5. The van der Waals surface area contributed by atoms with Crippen LogP contribution in [0.5, 0.6) is 0 Å². The number of amides is 1. The van der Waals surface area contributed by atoms with Crippen LogP contribution in [-0.2, 0) is 4.74 Å². The number of carboxylic acids is 1. The topological polar surface area (TPSA) is 102 Å². The average molecular weight is 389 g/mol. The number of hydrogen-bond acceptors (Lipinski definition) is 5. The van der Waals surface area contributed by atoms with Crippen molar-refractivity contribution in [2.45, 2.75) is 26.4 Å². The first-order valence-electron chi connectivity index (χ1n) is 8.06. The Labute approximate surface area is 159 Å². The standard InChI is InChI=1S/C19H17ClN2O5/c1-19(2,3)27-18(25)22-17-21-15-13(10-5-4-6-12(20)7-10)8-11(16(23)24)9-14(15)26-17/h4-9H,1-3H3,(H,23,24)(H,21,22,25). The molecular weight excluding hydrogens is 372 g/mol. The van der Waals surface area contributed by atoms with E-state index >= 15 is 0 Å². The van der Waals surface area contributed by atoms with E-state index in [0.29, 0.717) is 21.7 Å². The van der Waals surface area contributed by atoms with Crippen LogP contribution < -0.4 is 5.32 Å². The number of nitrogens with zero attached hydrogens (tertiary/aromatic N) is 1. The third-order valence-corrected chi connectivity index (χ3v) is 3.72. The molecule has 1 aromatic heterocycles. The number of benzene rings is 2. The Morgan fingerprint density at radius 1 is 1.22 bits per heavy atom. The van der Waals surface area contributed by atoms with Crippen LogP contribution in [0.15, 0.2) is 40.8 Å². The number of nitrogens with one attached hydrogen (secondary N) is 1. The van der Waals surface area contributed by atoms with Crippen LogP contribution in [0.4, 0.5) is 10.8 Å². The van der Waals surface area contributed by atoms with E-state index in [2.05, 4.69) is 10.3 Å². The van der Waals surface area contributed by atoms with Gasteiger partial charge in [0, 0.05) is 10.6 Å². The normalized spacial score (nSPS) is 11.4. The van der Waals surface area contributed by atoms with Crippen LogP contribution in [0.1, 0.15) is 31.1 Å². The molecule has 8 heteroatoms. The lowest BCUT2D eigenvalue weighted by molar-refractivity contribution is 0.0630. The molecule has 0 aliphatic heterocycles. The lowest BCUT2D eigenvalue weighted by atomic mass is 10.0. The largest absolute Gasteiger partial charge is 0.478 e. The van der Waals surface area contributed by atoms with Gasteiger partial charge in [0.15, 0.2) is 5.58 Å². The zero-order valence-corrected chi connectivity index (χ0v) is 15.6. The molecule has 0 radical (unpaired) electrons. The summed E-state index contributed by atoms with van der Waals surface area (Å²) in [5.41, 5.74) is 1.15. The van der Waals surface area contributed by atoms with Gasteiger partial charge in [-0.15, -0.1) is 0 Å². The first-order valence-corrected chi connectivity index (χ1v) is 8.44. The van der Waals surface area contributed by atoms with Crippen LogP contribution in [-0.4, -0.2) is 27.8 Å². The van der Waals surface area contributed by atoms with E-state index in [1.54, 1.807) is 45.0 Å². The first-order chi connectivity index (χ1) is 12.6. The van der Waals surface area contributed by atoms with Crippen LogP contribution in [0.25, 0.3) is 22.2 Å². The molecule has 0 saturated heterocycles. The van der Waals surface area contributed by atoms with Crippen molar-refractivity contribution in [3.05, 3.63) is 47.0 Å². The van der Waals surface area contributed by atoms with Gasteiger partial charge in [0.05, 0.1) is 5.56 Å². The minimum absolute atomic E-state index is 0.0254. The number of hydrogen-bond donors (Lipinski definition) is 2. The summed E-state index contributed by atoms with van der Waals surface area (Å²) >= 11 is 6.05. The van der Waals surface area contributed by atoms with Gasteiger partial charge in [-0.3, -0.25) is 0 Å². The predicted molar refractivity (Wildman–Crippen MR) is 101 cm³/mol. The first kappa shape index (κ1) is 18.7. The molecule has 0 bridgehead atoms. The lowest BCUT2D eigenvalue weighted by Gasteiger charge is -2.18.